The lowest BCUT2D eigenvalue weighted by molar-refractivity contribution is -0.127. The van der Waals surface area contributed by atoms with E-state index in [0.29, 0.717) is 12.8 Å². The fourth-order valence-corrected chi connectivity index (χ4v) is 1.92. The molecule has 1 aliphatic rings. The standard InChI is InChI=1S/C12H20O2/c13-11-8-6-4-2-1-3-5-7-9-12(14)10-11/h1-10H2. The van der Waals surface area contributed by atoms with Crippen molar-refractivity contribution in [1.29, 1.82) is 0 Å². The Morgan fingerprint density at radius 3 is 1.36 bits per heavy atom. The summed E-state index contributed by atoms with van der Waals surface area (Å²) in [5.74, 6) is 0.297. The molecule has 0 radical (unpaired) electrons. The van der Waals surface area contributed by atoms with E-state index in [2.05, 4.69) is 0 Å². The van der Waals surface area contributed by atoms with Crippen LogP contribution >= 0.6 is 0 Å². The Labute approximate surface area is 86.1 Å². The maximum Gasteiger partial charge on any atom is 0.140 e. The van der Waals surface area contributed by atoms with E-state index in [1.807, 2.05) is 0 Å². The molecule has 0 unspecified atom stereocenters. The summed E-state index contributed by atoms with van der Waals surface area (Å²) in [5, 5.41) is 0. The molecule has 1 aliphatic carbocycles. The highest BCUT2D eigenvalue weighted by Gasteiger charge is 2.09. The first kappa shape index (κ1) is 11.4. The monoisotopic (exact) mass is 196 g/mol. The van der Waals surface area contributed by atoms with Gasteiger partial charge in [0.25, 0.3) is 0 Å². The third-order valence-electron chi connectivity index (χ3n) is 2.81. The van der Waals surface area contributed by atoms with Gasteiger partial charge >= 0.3 is 0 Å². The molecular formula is C12H20O2. The van der Waals surface area contributed by atoms with Gasteiger partial charge in [-0.25, -0.2) is 0 Å². The van der Waals surface area contributed by atoms with Gasteiger partial charge in [-0.05, 0) is 12.8 Å². The molecule has 0 amide bonds. The summed E-state index contributed by atoms with van der Waals surface area (Å²) < 4.78 is 0. The van der Waals surface area contributed by atoms with Crippen LogP contribution in [0.4, 0.5) is 0 Å². The smallest absolute Gasteiger partial charge is 0.140 e. The fourth-order valence-electron chi connectivity index (χ4n) is 1.92. The molecule has 0 heterocycles. The number of Topliss-reactive ketones (excluding diaryl/α,β-unsaturated/α-hetero) is 2. The van der Waals surface area contributed by atoms with Gasteiger partial charge in [0.2, 0.25) is 0 Å². The van der Waals surface area contributed by atoms with Gasteiger partial charge in [0.05, 0.1) is 6.42 Å². The van der Waals surface area contributed by atoms with E-state index in [1.165, 1.54) is 19.3 Å². The van der Waals surface area contributed by atoms with Crippen LogP contribution in [0.5, 0.6) is 0 Å². The quantitative estimate of drug-likeness (QED) is 0.558. The summed E-state index contributed by atoms with van der Waals surface area (Å²) in [7, 11) is 0. The van der Waals surface area contributed by atoms with Crippen LogP contribution in [-0.2, 0) is 9.59 Å². The van der Waals surface area contributed by atoms with Crippen molar-refractivity contribution in [3.8, 4) is 0 Å². The molecule has 0 atom stereocenters. The third-order valence-corrected chi connectivity index (χ3v) is 2.81. The van der Waals surface area contributed by atoms with Crippen molar-refractivity contribution in [2.45, 2.75) is 64.2 Å². The molecule has 0 aliphatic heterocycles. The van der Waals surface area contributed by atoms with Crippen LogP contribution in [0.3, 0.4) is 0 Å². The number of carbonyl (C=O) groups is 2. The molecule has 2 nitrogen and oxygen atoms in total. The Kier molecular flexibility index (Phi) is 5.50. The fraction of sp³-hybridized carbons (Fsp3) is 0.833. The highest BCUT2D eigenvalue weighted by Crippen LogP contribution is 2.13. The number of hydrogen-bond donors (Lipinski definition) is 0. The molecule has 0 spiro atoms. The number of hydrogen-bond acceptors (Lipinski definition) is 2. The Bertz CT molecular complexity index is 176. The van der Waals surface area contributed by atoms with E-state index in [0.717, 1.165) is 25.7 Å². The highest BCUT2D eigenvalue weighted by atomic mass is 16.1. The average Bonchev–Trinajstić information content (AvgIpc) is 2.13. The van der Waals surface area contributed by atoms with Crippen LogP contribution in [0, 0.1) is 0 Å². The summed E-state index contributed by atoms with van der Waals surface area (Å²) in [4.78, 5) is 22.6. The maximum atomic E-state index is 11.3. The van der Waals surface area contributed by atoms with Crippen molar-refractivity contribution in [2.75, 3.05) is 0 Å². The van der Waals surface area contributed by atoms with Crippen molar-refractivity contribution in [1.82, 2.24) is 0 Å². The molecule has 1 rings (SSSR count). The minimum Gasteiger partial charge on any atom is -0.299 e. The number of ketones is 2. The van der Waals surface area contributed by atoms with Gasteiger partial charge in [0.15, 0.2) is 0 Å². The second kappa shape index (κ2) is 6.74. The van der Waals surface area contributed by atoms with Crippen molar-refractivity contribution in [2.24, 2.45) is 0 Å². The Hall–Kier alpha value is -0.660. The Morgan fingerprint density at radius 1 is 0.571 bits per heavy atom. The molecular weight excluding hydrogens is 176 g/mol. The van der Waals surface area contributed by atoms with Crippen molar-refractivity contribution in [3.05, 3.63) is 0 Å². The third kappa shape index (κ3) is 5.15. The summed E-state index contributed by atoms with van der Waals surface area (Å²) in [6.45, 7) is 0. The van der Waals surface area contributed by atoms with Crippen LogP contribution in [0.1, 0.15) is 64.2 Å². The van der Waals surface area contributed by atoms with Crippen LogP contribution in [0.2, 0.25) is 0 Å². The van der Waals surface area contributed by atoms with Crippen molar-refractivity contribution < 1.29 is 9.59 Å². The zero-order valence-electron chi connectivity index (χ0n) is 8.89. The molecule has 1 saturated carbocycles. The first-order valence-electron chi connectivity index (χ1n) is 5.82. The highest BCUT2D eigenvalue weighted by molar-refractivity contribution is 5.98. The summed E-state index contributed by atoms with van der Waals surface area (Å²) in [6.07, 6.45) is 9.46. The van der Waals surface area contributed by atoms with Gasteiger partial charge in [-0.1, -0.05) is 32.1 Å². The van der Waals surface area contributed by atoms with Gasteiger partial charge in [-0.2, -0.15) is 0 Å². The average molecular weight is 196 g/mol. The molecule has 14 heavy (non-hydrogen) atoms. The largest absolute Gasteiger partial charge is 0.299 e. The predicted octanol–water partition coefficient (Wildman–Crippen LogP) is 3.04. The van der Waals surface area contributed by atoms with Crippen molar-refractivity contribution >= 4 is 11.6 Å². The van der Waals surface area contributed by atoms with E-state index in [4.69, 9.17) is 0 Å². The predicted molar refractivity (Wildman–Crippen MR) is 56.2 cm³/mol. The minimum atomic E-state index is 0.149. The number of rotatable bonds is 0. The Morgan fingerprint density at radius 2 is 0.929 bits per heavy atom. The van der Waals surface area contributed by atoms with Gasteiger partial charge < -0.3 is 0 Å². The molecule has 0 bridgehead atoms. The van der Waals surface area contributed by atoms with E-state index < -0.39 is 0 Å². The normalized spacial score (nSPS) is 22.6. The van der Waals surface area contributed by atoms with E-state index in [-0.39, 0.29) is 18.0 Å². The first-order valence-corrected chi connectivity index (χ1v) is 5.82. The zero-order chi connectivity index (χ0) is 10.2. The van der Waals surface area contributed by atoms with Crippen molar-refractivity contribution in [3.63, 3.8) is 0 Å². The molecule has 0 saturated heterocycles. The topological polar surface area (TPSA) is 34.1 Å². The lowest BCUT2D eigenvalue weighted by atomic mass is 10.00. The molecule has 0 aromatic heterocycles. The van der Waals surface area contributed by atoms with Crippen LogP contribution < -0.4 is 0 Å². The number of carbonyl (C=O) groups excluding carboxylic acids is 2. The van der Waals surface area contributed by atoms with Gasteiger partial charge in [0.1, 0.15) is 11.6 Å². The van der Waals surface area contributed by atoms with Gasteiger partial charge in [-0.3, -0.25) is 9.59 Å². The first-order chi connectivity index (χ1) is 6.79. The van der Waals surface area contributed by atoms with Crippen LogP contribution in [0.15, 0.2) is 0 Å². The van der Waals surface area contributed by atoms with Gasteiger partial charge in [-0.15, -0.1) is 0 Å². The second-order valence-corrected chi connectivity index (χ2v) is 4.23. The molecule has 0 aromatic carbocycles. The van der Waals surface area contributed by atoms with E-state index in [1.54, 1.807) is 0 Å². The molecule has 1 fully saturated rings. The molecule has 0 aromatic rings. The summed E-state index contributed by atoms with van der Waals surface area (Å²) >= 11 is 0. The Balaban J connectivity index is 2.30. The molecule has 2 heteroatoms. The second-order valence-electron chi connectivity index (χ2n) is 4.23. The van der Waals surface area contributed by atoms with Gasteiger partial charge in [0, 0.05) is 12.8 Å². The molecule has 0 N–H and O–H groups in total. The van der Waals surface area contributed by atoms with E-state index >= 15 is 0 Å². The van der Waals surface area contributed by atoms with Crippen LogP contribution in [-0.4, -0.2) is 11.6 Å². The van der Waals surface area contributed by atoms with Crippen LogP contribution in [0.25, 0.3) is 0 Å². The van der Waals surface area contributed by atoms with E-state index in [9.17, 15) is 9.59 Å². The lowest BCUT2D eigenvalue weighted by Crippen LogP contribution is -2.08. The minimum absolute atomic E-state index is 0.149. The molecule has 80 valence electrons. The summed E-state index contributed by atoms with van der Waals surface area (Å²) in [6, 6.07) is 0. The zero-order valence-corrected chi connectivity index (χ0v) is 8.89. The summed E-state index contributed by atoms with van der Waals surface area (Å²) in [5.41, 5.74) is 0. The maximum absolute atomic E-state index is 11.3. The lowest BCUT2D eigenvalue weighted by Gasteiger charge is -2.05. The SMILES string of the molecule is O=C1CCCCCCCCCC(=O)C1.